The summed E-state index contributed by atoms with van der Waals surface area (Å²) >= 11 is 12.0. The largest absolute Gasteiger partial charge is 0.493 e. The number of carbonyl (C=O) groups excluding carboxylic acids is 1. The Kier molecular flexibility index (Phi) is 7.75. The van der Waals surface area contributed by atoms with Crippen LogP contribution in [0.5, 0.6) is 11.5 Å². The zero-order valence-electron chi connectivity index (χ0n) is 18.3. The van der Waals surface area contributed by atoms with E-state index in [4.69, 9.17) is 47.9 Å². The molecule has 0 fully saturated rings. The van der Waals surface area contributed by atoms with Gasteiger partial charge in [0.25, 0.3) is 0 Å². The minimum absolute atomic E-state index is 0.0630. The lowest BCUT2D eigenvalue weighted by Crippen LogP contribution is -2.25. The smallest absolute Gasteiger partial charge is 0.338 e. The molecule has 0 aliphatic carbocycles. The van der Waals surface area contributed by atoms with E-state index in [0.717, 1.165) is 5.56 Å². The van der Waals surface area contributed by atoms with Crippen molar-refractivity contribution in [3.8, 4) is 17.6 Å². The lowest BCUT2D eigenvalue weighted by molar-refractivity contribution is -0.139. The van der Waals surface area contributed by atoms with Crippen molar-refractivity contribution in [1.82, 2.24) is 0 Å². The van der Waals surface area contributed by atoms with E-state index in [1.165, 1.54) is 7.11 Å². The van der Waals surface area contributed by atoms with E-state index in [9.17, 15) is 10.1 Å². The number of hydrogen-bond acceptors (Lipinski definition) is 7. The number of nitrogens with two attached hydrogens (primary N) is 1. The Labute approximate surface area is 201 Å². The van der Waals surface area contributed by atoms with Crippen LogP contribution in [0.2, 0.25) is 10.0 Å². The maximum atomic E-state index is 12.7. The van der Waals surface area contributed by atoms with Crippen LogP contribution in [0.15, 0.2) is 59.2 Å². The quantitative estimate of drug-likeness (QED) is 0.532. The molecular formula is C24H22Cl2N2O5. The van der Waals surface area contributed by atoms with E-state index in [1.54, 1.807) is 44.2 Å². The summed E-state index contributed by atoms with van der Waals surface area (Å²) in [5, 5.41) is 10.6. The molecule has 1 aliphatic rings. The van der Waals surface area contributed by atoms with Crippen LogP contribution in [-0.2, 0) is 20.9 Å². The number of rotatable bonds is 7. The normalized spacial score (nSPS) is 15.6. The van der Waals surface area contributed by atoms with Crippen molar-refractivity contribution >= 4 is 29.2 Å². The topological polar surface area (TPSA) is 104 Å². The summed E-state index contributed by atoms with van der Waals surface area (Å²) in [6.07, 6.45) is 0. The van der Waals surface area contributed by atoms with Crippen LogP contribution in [0.1, 0.15) is 30.9 Å². The number of benzene rings is 2. The van der Waals surface area contributed by atoms with E-state index >= 15 is 0 Å². The molecule has 0 amide bonds. The van der Waals surface area contributed by atoms with E-state index < -0.39 is 11.9 Å². The predicted molar refractivity (Wildman–Crippen MR) is 124 cm³/mol. The fourth-order valence-corrected chi connectivity index (χ4v) is 3.78. The molecule has 7 nitrogen and oxygen atoms in total. The molecule has 1 aliphatic heterocycles. The van der Waals surface area contributed by atoms with Crippen LogP contribution in [0.3, 0.4) is 0 Å². The van der Waals surface area contributed by atoms with Crippen molar-refractivity contribution in [3.63, 3.8) is 0 Å². The fourth-order valence-electron chi connectivity index (χ4n) is 3.46. The molecule has 0 radical (unpaired) electrons. The van der Waals surface area contributed by atoms with E-state index in [1.807, 2.05) is 6.07 Å². The van der Waals surface area contributed by atoms with Gasteiger partial charge in [-0.15, -0.1) is 0 Å². The molecule has 1 atom stereocenters. The first-order valence-electron chi connectivity index (χ1n) is 10.0. The summed E-state index contributed by atoms with van der Waals surface area (Å²) < 4.78 is 22.0. The predicted octanol–water partition coefficient (Wildman–Crippen LogP) is 5.23. The summed E-state index contributed by atoms with van der Waals surface area (Å²) in [4.78, 5) is 12.7. The highest BCUT2D eigenvalue weighted by Gasteiger charge is 2.36. The maximum Gasteiger partial charge on any atom is 0.338 e. The average Bonchev–Trinajstić information content (AvgIpc) is 2.79. The van der Waals surface area contributed by atoms with Gasteiger partial charge in [0.1, 0.15) is 24.0 Å². The number of ether oxygens (including phenoxy) is 4. The molecule has 3 rings (SSSR count). The second-order valence-electron chi connectivity index (χ2n) is 7.06. The minimum atomic E-state index is -0.777. The molecule has 2 N–H and O–H groups in total. The monoisotopic (exact) mass is 488 g/mol. The molecule has 0 aromatic heterocycles. The van der Waals surface area contributed by atoms with Gasteiger partial charge in [0, 0.05) is 0 Å². The van der Waals surface area contributed by atoms with E-state index in [-0.39, 0.29) is 36.0 Å². The third kappa shape index (κ3) is 5.19. The number of allylic oxidation sites excluding steroid dienone is 2. The first-order valence-corrected chi connectivity index (χ1v) is 10.8. The Balaban J connectivity index is 1.96. The summed E-state index contributed by atoms with van der Waals surface area (Å²) in [6.45, 7) is 3.71. The molecule has 0 saturated heterocycles. The van der Waals surface area contributed by atoms with Gasteiger partial charge >= 0.3 is 5.97 Å². The lowest BCUT2D eigenvalue weighted by atomic mass is 9.83. The Hall–Kier alpha value is -3.34. The highest BCUT2D eigenvalue weighted by Crippen LogP contribution is 2.42. The first-order chi connectivity index (χ1) is 15.8. The van der Waals surface area contributed by atoms with Crippen molar-refractivity contribution in [2.75, 3.05) is 13.7 Å². The molecule has 0 bridgehead atoms. The lowest BCUT2D eigenvalue weighted by Gasteiger charge is -2.27. The fraction of sp³-hybridized carbons (Fsp3) is 0.250. The average molecular weight is 489 g/mol. The Morgan fingerprint density at radius 1 is 1.18 bits per heavy atom. The van der Waals surface area contributed by atoms with Crippen molar-refractivity contribution in [1.29, 1.82) is 5.26 Å². The standard InChI is InChI=1S/C24H22Cl2N2O5/c1-4-31-24(29)21-13(2)33-23(28)16(11-27)22(21)15-6-8-19(20(10-15)30-3)32-12-14-5-7-17(25)18(26)9-14/h5-10,22H,4,12,28H2,1-3H3. The number of hydrogen-bond donors (Lipinski definition) is 1. The molecule has 1 unspecified atom stereocenters. The molecule has 2 aromatic carbocycles. The maximum absolute atomic E-state index is 12.7. The van der Waals surface area contributed by atoms with Crippen LogP contribution in [0, 0.1) is 11.3 Å². The van der Waals surface area contributed by atoms with Crippen LogP contribution >= 0.6 is 23.2 Å². The first kappa shape index (κ1) is 24.3. The van der Waals surface area contributed by atoms with Gasteiger partial charge in [-0.05, 0) is 49.2 Å². The van der Waals surface area contributed by atoms with Crippen molar-refractivity contribution in [3.05, 3.63) is 80.4 Å². The molecular weight excluding hydrogens is 467 g/mol. The van der Waals surface area contributed by atoms with Gasteiger partial charge in [-0.3, -0.25) is 0 Å². The number of carbonyl (C=O) groups is 1. The van der Waals surface area contributed by atoms with Gasteiger partial charge < -0.3 is 24.7 Å². The van der Waals surface area contributed by atoms with E-state index in [0.29, 0.717) is 27.1 Å². The summed E-state index contributed by atoms with van der Waals surface area (Å²) in [6, 6.07) is 12.4. The third-order valence-corrected chi connectivity index (χ3v) is 5.74. The molecule has 0 spiro atoms. The molecule has 0 saturated carbocycles. The van der Waals surface area contributed by atoms with Crippen molar-refractivity contribution in [2.45, 2.75) is 26.4 Å². The Bertz CT molecular complexity index is 1180. The molecule has 2 aromatic rings. The molecule has 172 valence electrons. The zero-order valence-corrected chi connectivity index (χ0v) is 19.8. The molecule has 9 heteroatoms. The molecule has 33 heavy (non-hydrogen) atoms. The van der Waals surface area contributed by atoms with E-state index in [2.05, 4.69) is 6.07 Å². The third-order valence-electron chi connectivity index (χ3n) is 5.00. The minimum Gasteiger partial charge on any atom is -0.493 e. The summed E-state index contributed by atoms with van der Waals surface area (Å²) in [5.74, 6) is -0.273. The van der Waals surface area contributed by atoms with Crippen molar-refractivity contribution < 1.29 is 23.7 Å². The van der Waals surface area contributed by atoms with Gasteiger partial charge in [0.15, 0.2) is 11.5 Å². The second-order valence-corrected chi connectivity index (χ2v) is 7.88. The zero-order chi connectivity index (χ0) is 24.1. The van der Waals surface area contributed by atoms with Crippen molar-refractivity contribution in [2.24, 2.45) is 5.73 Å². The number of esters is 1. The van der Waals surface area contributed by atoms with Gasteiger partial charge in [0.2, 0.25) is 5.88 Å². The second kappa shape index (κ2) is 10.5. The highest BCUT2D eigenvalue weighted by molar-refractivity contribution is 6.42. The van der Waals surface area contributed by atoms with Crippen LogP contribution in [0.4, 0.5) is 0 Å². The van der Waals surface area contributed by atoms with Gasteiger partial charge in [0.05, 0.1) is 35.3 Å². The number of halogens is 2. The molecule has 1 heterocycles. The van der Waals surface area contributed by atoms with Gasteiger partial charge in [-0.1, -0.05) is 35.3 Å². The van der Waals surface area contributed by atoms with Crippen LogP contribution in [0.25, 0.3) is 0 Å². The summed E-state index contributed by atoms with van der Waals surface area (Å²) in [7, 11) is 1.50. The number of methoxy groups -OCH3 is 1. The van der Waals surface area contributed by atoms with Crippen LogP contribution in [-0.4, -0.2) is 19.7 Å². The van der Waals surface area contributed by atoms with Crippen LogP contribution < -0.4 is 15.2 Å². The summed E-state index contributed by atoms with van der Waals surface area (Å²) in [5.41, 5.74) is 7.68. The Morgan fingerprint density at radius 3 is 2.58 bits per heavy atom. The number of nitriles is 1. The van der Waals surface area contributed by atoms with Gasteiger partial charge in [-0.2, -0.15) is 5.26 Å². The van der Waals surface area contributed by atoms with Gasteiger partial charge in [-0.25, -0.2) is 4.79 Å². The number of nitrogens with zero attached hydrogens (tertiary/aromatic N) is 1. The Morgan fingerprint density at radius 2 is 1.94 bits per heavy atom. The SMILES string of the molecule is CCOC(=O)C1=C(C)OC(N)=C(C#N)C1c1ccc(OCc2ccc(Cl)c(Cl)c2)c(OC)c1. The highest BCUT2D eigenvalue weighted by atomic mass is 35.5.